The number of hydrogen-bond donors (Lipinski definition) is 1. The van der Waals surface area contributed by atoms with E-state index in [9.17, 15) is 4.79 Å². The number of fused-ring (bicyclic) bond motifs is 2. The molecule has 1 aliphatic heterocycles. The second-order valence-corrected chi connectivity index (χ2v) is 8.37. The van der Waals surface area contributed by atoms with Gasteiger partial charge in [0.2, 0.25) is 0 Å². The SMILES string of the molecule is Cn1c(Cc2ccc3c(c2)OCCCO3)nnc1SCC(=O)c1c[nH]c2ccccc12. The normalized spacial score (nSPS) is 13.3. The van der Waals surface area contributed by atoms with Crippen LogP contribution in [0.3, 0.4) is 0 Å². The fraction of sp³-hybridized carbons (Fsp3) is 0.261. The molecular weight excluding hydrogens is 412 g/mol. The van der Waals surface area contributed by atoms with E-state index in [-0.39, 0.29) is 5.78 Å². The van der Waals surface area contributed by atoms with Gasteiger partial charge >= 0.3 is 0 Å². The van der Waals surface area contributed by atoms with E-state index in [1.807, 2.05) is 54.1 Å². The third-order valence-corrected chi connectivity index (χ3v) is 6.34. The van der Waals surface area contributed by atoms with E-state index in [4.69, 9.17) is 9.47 Å². The number of rotatable bonds is 6. The number of carbonyl (C=O) groups is 1. The Morgan fingerprint density at radius 2 is 1.97 bits per heavy atom. The Kier molecular flexibility index (Phi) is 5.38. The van der Waals surface area contributed by atoms with Crippen molar-refractivity contribution >= 4 is 28.4 Å². The number of carbonyl (C=O) groups excluding carboxylic acids is 1. The summed E-state index contributed by atoms with van der Waals surface area (Å²) in [6.45, 7) is 1.33. The zero-order valence-corrected chi connectivity index (χ0v) is 17.9. The number of thioether (sulfide) groups is 1. The van der Waals surface area contributed by atoms with E-state index < -0.39 is 0 Å². The van der Waals surface area contributed by atoms with Crippen LogP contribution in [-0.2, 0) is 13.5 Å². The lowest BCUT2D eigenvalue weighted by molar-refractivity contribution is 0.102. The largest absolute Gasteiger partial charge is 0.490 e. The van der Waals surface area contributed by atoms with Crippen molar-refractivity contribution in [1.82, 2.24) is 19.7 Å². The van der Waals surface area contributed by atoms with Crippen LogP contribution in [-0.4, -0.2) is 44.5 Å². The third-order valence-electron chi connectivity index (χ3n) is 5.32. The van der Waals surface area contributed by atoms with Crippen LogP contribution in [0.2, 0.25) is 0 Å². The highest BCUT2D eigenvalue weighted by Gasteiger charge is 2.17. The maximum atomic E-state index is 12.7. The molecule has 3 heterocycles. The van der Waals surface area contributed by atoms with E-state index in [2.05, 4.69) is 15.2 Å². The maximum Gasteiger partial charge on any atom is 0.191 e. The molecule has 0 aliphatic carbocycles. The summed E-state index contributed by atoms with van der Waals surface area (Å²) < 4.78 is 13.4. The molecule has 0 amide bonds. The van der Waals surface area contributed by atoms with Crippen molar-refractivity contribution in [2.24, 2.45) is 7.05 Å². The Morgan fingerprint density at radius 3 is 2.87 bits per heavy atom. The predicted molar refractivity (Wildman–Crippen MR) is 119 cm³/mol. The summed E-state index contributed by atoms with van der Waals surface area (Å²) in [5.74, 6) is 2.76. The van der Waals surface area contributed by atoms with Gasteiger partial charge in [-0.05, 0) is 23.8 Å². The summed E-state index contributed by atoms with van der Waals surface area (Å²) in [6.07, 6.45) is 3.28. The highest BCUT2D eigenvalue weighted by molar-refractivity contribution is 7.99. The van der Waals surface area contributed by atoms with Gasteiger partial charge in [-0.2, -0.15) is 0 Å². The maximum absolute atomic E-state index is 12.7. The minimum Gasteiger partial charge on any atom is -0.490 e. The van der Waals surface area contributed by atoms with Gasteiger partial charge in [0, 0.05) is 42.6 Å². The molecule has 2 aromatic carbocycles. The van der Waals surface area contributed by atoms with Crippen LogP contribution in [0, 0.1) is 0 Å². The number of nitrogens with zero attached hydrogens (tertiary/aromatic N) is 3. The molecule has 0 saturated carbocycles. The van der Waals surface area contributed by atoms with Gasteiger partial charge in [0.05, 0.1) is 19.0 Å². The molecular formula is C23H22N4O3S. The van der Waals surface area contributed by atoms with Gasteiger partial charge in [0.15, 0.2) is 22.4 Å². The number of H-pyrrole nitrogens is 1. The number of aromatic nitrogens is 4. The first-order valence-corrected chi connectivity index (χ1v) is 11.2. The molecule has 0 spiro atoms. The van der Waals surface area contributed by atoms with Gasteiger partial charge in [-0.15, -0.1) is 10.2 Å². The summed E-state index contributed by atoms with van der Waals surface area (Å²) in [6, 6.07) is 13.8. The highest BCUT2D eigenvalue weighted by atomic mass is 32.2. The van der Waals surface area contributed by atoms with Gasteiger partial charge in [0.1, 0.15) is 5.82 Å². The van der Waals surface area contributed by atoms with E-state index >= 15 is 0 Å². The van der Waals surface area contributed by atoms with Crippen molar-refractivity contribution in [3.63, 3.8) is 0 Å². The van der Waals surface area contributed by atoms with Crippen molar-refractivity contribution in [3.05, 3.63) is 65.6 Å². The number of Topliss-reactive ketones (excluding diaryl/α,β-unsaturated/α-hetero) is 1. The number of benzene rings is 2. The topological polar surface area (TPSA) is 82.0 Å². The smallest absolute Gasteiger partial charge is 0.191 e. The van der Waals surface area contributed by atoms with Crippen molar-refractivity contribution in [2.75, 3.05) is 19.0 Å². The van der Waals surface area contributed by atoms with Crippen LogP contribution in [0.5, 0.6) is 11.5 Å². The molecule has 1 aliphatic rings. The minimum atomic E-state index is 0.0647. The monoisotopic (exact) mass is 434 g/mol. The Morgan fingerprint density at radius 1 is 1.13 bits per heavy atom. The Bertz CT molecular complexity index is 1250. The molecule has 7 nitrogen and oxygen atoms in total. The molecule has 8 heteroatoms. The van der Waals surface area contributed by atoms with Crippen molar-refractivity contribution in [1.29, 1.82) is 0 Å². The first-order chi connectivity index (χ1) is 15.2. The van der Waals surface area contributed by atoms with E-state index in [0.29, 0.717) is 31.0 Å². The molecule has 0 atom stereocenters. The highest BCUT2D eigenvalue weighted by Crippen LogP contribution is 2.31. The molecule has 0 saturated heterocycles. The molecule has 31 heavy (non-hydrogen) atoms. The second-order valence-electron chi connectivity index (χ2n) is 7.43. The van der Waals surface area contributed by atoms with Gasteiger partial charge in [-0.3, -0.25) is 4.79 Å². The zero-order chi connectivity index (χ0) is 21.2. The lowest BCUT2D eigenvalue weighted by Gasteiger charge is -2.09. The molecule has 5 rings (SSSR count). The van der Waals surface area contributed by atoms with Crippen LogP contribution < -0.4 is 9.47 Å². The third kappa shape index (κ3) is 4.03. The van der Waals surface area contributed by atoms with Crippen molar-refractivity contribution < 1.29 is 14.3 Å². The Hall–Kier alpha value is -3.26. The average molecular weight is 435 g/mol. The molecule has 1 N–H and O–H groups in total. The predicted octanol–water partition coefficient (Wildman–Crippen LogP) is 4.02. The van der Waals surface area contributed by atoms with Crippen LogP contribution in [0.25, 0.3) is 10.9 Å². The average Bonchev–Trinajstić information content (AvgIpc) is 3.28. The zero-order valence-electron chi connectivity index (χ0n) is 17.1. The van der Waals surface area contributed by atoms with Gasteiger partial charge in [-0.25, -0.2) is 0 Å². The van der Waals surface area contributed by atoms with E-state index in [1.54, 1.807) is 6.20 Å². The fourth-order valence-corrected chi connectivity index (χ4v) is 4.45. The van der Waals surface area contributed by atoms with Crippen LogP contribution in [0.15, 0.2) is 53.8 Å². The quantitative estimate of drug-likeness (QED) is 0.365. The molecule has 0 bridgehead atoms. The van der Waals surface area contributed by atoms with Crippen LogP contribution in [0.4, 0.5) is 0 Å². The lowest BCUT2D eigenvalue weighted by Crippen LogP contribution is -2.04. The number of ether oxygens (including phenoxy) is 2. The molecule has 4 aromatic rings. The summed E-state index contributed by atoms with van der Waals surface area (Å²) in [7, 11) is 1.93. The Balaban J connectivity index is 1.27. The summed E-state index contributed by atoms with van der Waals surface area (Å²) in [5, 5.41) is 10.3. The second kappa shape index (κ2) is 8.47. The number of nitrogens with one attached hydrogen (secondary N) is 1. The molecule has 0 radical (unpaired) electrons. The summed E-state index contributed by atoms with van der Waals surface area (Å²) >= 11 is 1.40. The van der Waals surface area contributed by atoms with E-state index in [0.717, 1.165) is 45.4 Å². The lowest BCUT2D eigenvalue weighted by atomic mass is 10.1. The van der Waals surface area contributed by atoms with Gasteiger partial charge < -0.3 is 19.0 Å². The van der Waals surface area contributed by atoms with Crippen molar-refractivity contribution in [2.45, 2.75) is 18.0 Å². The van der Waals surface area contributed by atoms with Crippen LogP contribution >= 0.6 is 11.8 Å². The fourth-order valence-electron chi connectivity index (χ4n) is 3.63. The van der Waals surface area contributed by atoms with Crippen molar-refractivity contribution in [3.8, 4) is 11.5 Å². The first-order valence-electron chi connectivity index (χ1n) is 10.2. The standard InChI is InChI=1S/C23H22N4O3S/c1-27-22(12-15-7-8-20-21(11-15)30-10-4-9-29-20)25-26-23(27)31-14-19(28)17-13-24-18-6-3-2-5-16(17)18/h2-3,5-8,11,13,24H,4,9-10,12,14H2,1H3. The minimum absolute atomic E-state index is 0.0647. The molecule has 158 valence electrons. The Labute approximate surface area is 183 Å². The van der Waals surface area contributed by atoms with Gasteiger partial charge in [0.25, 0.3) is 0 Å². The van der Waals surface area contributed by atoms with Gasteiger partial charge in [-0.1, -0.05) is 36.0 Å². The summed E-state index contributed by atoms with van der Waals surface area (Å²) in [4.78, 5) is 15.9. The first kappa shape index (κ1) is 19.7. The van der Waals surface area contributed by atoms with Crippen LogP contribution in [0.1, 0.15) is 28.2 Å². The number of hydrogen-bond acceptors (Lipinski definition) is 6. The molecule has 0 unspecified atom stereocenters. The summed E-state index contributed by atoms with van der Waals surface area (Å²) in [5.41, 5.74) is 2.75. The molecule has 2 aromatic heterocycles. The number of para-hydroxylation sites is 1. The molecule has 0 fully saturated rings. The van der Waals surface area contributed by atoms with E-state index in [1.165, 1.54) is 11.8 Å². The number of aromatic amines is 1. The number of ketones is 1.